The molecule has 2 heterocycles. The molecular weight excluding hydrogens is 212 g/mol. The zero-order valence-corrected chi connectivity index (χ0v) is 11.2. The highest BCUT2D eigenvalue weighted by molar-refractivity contribution is 5.08. The largest absolute Gasteiger partial charge is 0.333 e. The molecule has 1 fully saturated rings. The predicted octanol–water partition coefficient (Wildman–Crippen LogP) is 1.63. The molecule has 1 aromatic heterocycles. The summed E-state index contributed by atoms with van der Waals surface area (Å²) in [6.07, 6.45) is 5.12. The Kier molecular flexibility index (Phi) is 3.54. The molecule has 0 spiro atoms. The van der Waals surface area contributed by atoms with Crippen molar-refractivity contribution in [2.24, 2.45) is 11.1 Å². The number of hydrogen-bond acceptors (Lipinski definition) is 3. The van der Waals surface area contributed by atoms with Gasteiger partial charge in [-0.15, -0.1) is 0 Å². The molecule has 1 atom stereocenters. The molecule has 1 unspecified atom stereocenters. The van der Waals surface area contributed by atoms with Gasteiger partial charge in [0.15, 0.2) is 0 Å². The smallest absolute Gasteiger partial charge is 0.0948 e. The summed E-state index contributed by atoms with van der Waals surface area (Å²) in [5.74, 6) is 0. The van der Waals surface area contributed by atoms with E-state index in [1.807, 2.05) is 12.5 Å². The fraction of sp³-hybridized carbons (Fsp3) is 0.769. The number of hydrogen-bond donors (Lipinski definition) is 1. The van der Waals surface area contributed by atoms with E-state index in [0.717, 1.165) is 19.6 Å². The predicted molar refractivity (Wildman–Crippen MR) is 69.7 cm³/mol. The van der Waals surface area contributed by atoms with Crippen LogP contribution in [0.2, 0.25) is 0 Å². The fourth-order valence-electron chi connectivity index (χ4n) is 2.75. The van der Waals surface area contributed by atoms with E-state index in [2.05, 4.69) is 35.2 Å². The third kappa shape index (κ3) is 2.53. The normalized spacial score (nSPS) is 21.9. The molecule has 4 nitrogen and oxygen atoms in total. The highest BCUT2D eigenvalue weighted by Crippen LogP contribution is 2.34. The van der Waals surface area contributed by atoms with Gasteiger partial charge in [-0.05, 0) is 25.3 Å². The highest BCUT2D eigenvalue weighted by atomic mass is 15.2. The summed E-state index contributed by atoms with van der Waals surface area (Å²) in [6, 6.07) is 0.319. The second-order valence-electron chi connectivity index (χ2n) is 5.74. The number of imidazole rings is 1. The van der Waals surface area contributed by atoms with Crippen LogP contribution in [0.1, 0.15) is 38.9 Å². The minimum Gasteiger partial charge on any atom is -0.333 e. The Hall–Kier alpha value is -0.870. The van der Waals surface area contributed by atoms with Crippen molar-refractivity contribution in [3.8, 4) is 0 Å². The Morgan fingerprint density at radius 1 is 1.53 bits per heavy atom. The van der Waals surface area contributed by atoms with Crippen LogP contribution in [0.5, 0.6) is 0 Å². The number of nitrogens with zero attached hydrogens (tertiary/aromatic N) is 3. The summed E-state index contributed by atoms with van der Waals surface area (Å²) >= 11 is 0. The van der Waals surface area contributed by atoms with Gasteiger partial charge in [-0.1, -0.05) is 13.8 Å². The van der Waals surface area contributed by atoms with Gasteiger partial charge in [-0.25, -0.2) is 4.98 Å². The van der Waals surface area contributed by atoms with Crippen LogP contribution in [0.15, 0.2) is 12.5 Å². The van der Waals surface area contributed by atoms with E-state index >= 15 is 0 Å². The molecule has 1 saturated heterocycles. The molecular formula is C13H24N4. The van der Waals surface area contributed by atoms with E-state index in [4.69, 9.17) is 5.73 Å². The van der Waals surface area contributed by atoms with Crippen LogP contribution in [-0.2, 0) is 6.54 Å². The maximum absolute atomic E-state index is 5.97. The van der Waals surface area contributed by atoms with Crippen molar-refractivity contribution in [1.29, 1.82) is 0 Å². The van der Waals surface area contributed by atoms with Gasteiger partial charge in [0.25, 0.3) is 0 Å². The van der Waals surface area contributed by atoms with Crippen LogP contribution in [0.25, 0.3) is 0 Å². The lowest BCUT2D eigenvalue weighted by molar-refractivity contribution is 0.216. The summed E-state index contributed by atoms with van der Waals surface area (Å²) < 4.78 is 2.20. The Bertz CT molecular complexity index is 369. The number of nitrogens with two attached hydrogens (primary N) is 1. The average Bonchev–Trinajstić information content (AvgIpc) is 2.87. The Balaban J connectivity index is 2.17. The van der Waals surface area contributed by atoms with Crippen molar-refractivity contribution >= 4 is 0 Å². The highest BCUT2D eigenvalue weighted by Gasteiger charge is 2.34. The first-order valence-electron chi connectivity index (χ1n) is 6.51. The molecule has 0 radical (unpaired) electrons. The lowest BCUT2D eigenvalue weighted by atomic mass is 9.93. The van der Waals surface area contributed by atoms with Gasteiger partial charge in [0.2, 0.25) is 0 Å². The molecule has 4 heteroatoms. The number of rotatable bonds is 4. The molecule has 0 amide bonds. The first-order valence-corrected chi connectivity index (χ1v) is 6.51. The fourth-order valence-corrected chi connectivity index (χ4v) is 2.75. The first kappa shape index (κ1) is 12.6. The van der Waals surface area contributed by atoms with Crippen molar-refractivity contribution < 1.29 is 0 Å². The van der Waals surface area contributed by atoms with Crippen LogP contribution in [-0.4, -0.2) is 34.1 Å². The van der Waals surface area contributed by atoms with Crippen LogP contribution in [0, 0.1) is 5.41 Å². The van der Waals surface area contributed by atoms with Gasteiger partial charge >= 0.3 is 0 Å². The van der Waals surface area contributed by atoms with Crippen LogP contribution < -0.4 is 5.73 Å². The topological polar surface area (TPSA) is 47.1 Å². The molecule has 2 N–H and O–H groups in total. The summed E-state index contributed by atoms with van der Waals surface area (Å²) in [5.41, 5.74) is 7.65. The van der Waals surface area contributed by atoms with Crippen molar-refractivity contribution in [2.45, 2.75) is 39.8 Å². The lowest BCUT2D eigenvalue weighted by Crippen LogP contribution is -2.34. The summed E-state index contributed by atoms with van der Waals surface area (Å²) in [6.45, 7) is 10.7. The molecule has 17 heavy (non-hydrogen) atoms. The minimum absolute atomic E-state index is 0.319. The van der Waals surface area contributed by atoms with Crippen LogP contribution in [0.4, 0.5) is 0 Å². The van der Waals surface area contributed by atoms with Crippen molar-refractivity contribution in [3.05, 3.63) is 18.2 Å². The Morgan fingerprint density at radius 3 is 2.82 bits per heavy atom. The van der Waals surface area contributed by atoms with Gasteiger partial charge in [0, 0.05) is 25.8 Å². The SMILES string of the molecule is CCn1cncc1C(CN)N1CCC(C)(C)C1. The molecule has 0 aromatic carbocycles. The average molecular weight is 236 g/mol. The molecule has 0 saturated carbocycles. The first-order chi connectivity index (χ1) is 8.07. The van der Waals surface area contributed by atoms with Crippen molar-refractivity contribution in [3.63, 3.8) is 0 Å². The van der Waals surface area contributed by atoms with Gasteiger partial charge in [-0.2, -0.15) is 0 Å². The molecule has 1 aromatic rings. The quantitative estimate of drug-likeness (QED) is 0.864. The van der Waals surface area contributed by atoms with Gasteiger partial charge < -0.3 is 10.3 Å². The number of aromatic nitrogens is 2. The molecule has 1 aliphatic heterocycles. The molecule has 0 aliphatic carbocycles. The van der Waals surface area contributed by atoms with Crippen molar-refractivity contribution in [2.75, 3.05) is 19.6 Å². The summed E-state index contributed by atoms with van der Waals surface area (Å²) in [7, 11) is 0. The third-order valence-corrected chi connectivity index (χ3v) is 3.80. The van der Waals surface area contributed by atoms with E-state index in [9.17, 15) is 0 Å². The molecule has 96 valence electrons. The zero-order chi connectivity index (χ0) is 12.5. The minimum atomic E-state index is 0.319. The van der Waals surface area contributed by atoms with Crippen molar-refractivity contribution in [1.82, 2.24) is 14.5 Å². The second-order valence-corrected chi connectivity index (χ2v) is 5.74. The van der Waals surface area contributed by atoms with E-state index in [1.54, 1.807) is 0 Å². The number of aryl methyl sites for hydroxylation is 1. The van der Waals surface area contributed by atoms with E-state index in [0.29, 0.717) is 18.0 Å². The van der Waals surface area contributed by atoms with E-state index in [1.165, 1.54) is 12.1 Å². The van der Waals surface area contributed by atoms with Gasteiger partial charge in [0.1, 0.15) is 0 Å². The Labute approximate surface area is 104 Å². The summed E-state index contributed by atoms with van der Waals surface area (Å²) in [5, 5.41) is 0. The van der Waals surface area contributed by atoms with Gasteiger partial charge in [-0.3, -0.25) is 4.90 Å². The number of likely N-dealkylation sites (tertiary alicyclic amines) is 1. The molecule has 2 rings (SSSR count). The standard InChI is InChI=1S/C13H24N4/c1-4-16-10-15-8-12(16)11(7-14)17-6-5-13(2,3)9-17/h8,10-11H,4-7,9,14H2,1-3H3. The maximum Gasteiger partial charge on any atom is 0.0948 e. The van der Waals surface area contributed by atoms with E-state index < -0.39 is 0 Å². The third-order valence-electron chi connectivity index (χ3n) is 3.80. The van der Waals surface area contributed by atoms with Gasteiger partial charge in [0.05, 0.1) is 18.1 Å². The Morgan fingerprint density at radius 2 is 2.29 bits per heavy atom. The summed E-state index contributed by atoms with van der Waals surface area (Å²) in [4.78, 5) is 6.75. The molecule has 1 aliphatic rings. The molecule has 0 bridgehead atoms. The van der Waals surface area contributed by atoms with Crippen LogP contribution >= 0.6 is 0 Å². The monoisotopic (exact) mass is 236 g/mol. The second kappa shape index (κ2) is 4.78. The maximum atomic E-state index is 5.97. The lowest BCUT2D eigenvalue weighted by Gasteiger charge is -2.28. The zero-order valence-electron chi connectivity index (χ0n) is 11.2. The van der Waals surface area contributed by atoms with E-state index in [-0.39, 0.29) is 0 Å². The van der Waals surface area contributed by atoms with Crippen LogP contribution in [0.3, 0.4) is 0 Å².